The van der Waals surface area contributed by atoms with Crippen molar-refractivity contribution in [3.8, 4) is 28.4 Å². The number of rotatable bonds is 9. The van der Waals surface area contributed by atoms with Gasteiger partial charge in [0, 0.05) is 17.8 Å². The molecule has 1 aromatic carbocycles. The molecular formula is C26H33ClN4O4. The van der Waals surface area contributed by atoms with Crippen molar-refractivity contribution in [2.45, 2.75) is 52.7 Å². The lowest BCUT2D eigenvalue weighted by Crippen LogP contribution is -2.29. The Morgan fingerprint density at radius 2 is 2.06 bits per heavy atom. The fraction of sp³-hybridized carbons (Fsp3) is 0.500. The van der Waals surface area contributed by atoms with Crippen LogP contribution >= 0.6 is 11.6 Å². The van der Waals surface area contributed by atoms with Gasteiger partial charge in [0.25, 0.3) is 0 Å². The number of likely N-dealkylation sites (N-methyl/N-ethyl adjacent to an activating group) is 1. The van der Waals surface area contributed by atoms with Crippen molar-refractivity contribution in [3.63, 3.8) is 0 Å². The third-order valence-corrected chi connectivity index (χ3v) is 6.67. The molecule has 1 fully saturated rings. The molecule has 9 heteroatoms. The number of halogens is 1. The Morgan fingerprint density at radius 3 is 2.71 bits per heavy atom. The smallest absolute Gasteiger partial charge is 0.161 e. The Hall–Kier alpha value is -2.52. The van der Waals surface area contributed by atoms with Gasteiger partial charge in [-0.05, 0) is 77.3 Å². The van der Waals surface area contributed by atoms with E-state index in [4.69, 9.17) is 35.6 Å². The highest BCUT2D eigenvalue weighted by molar-refractivity contribution is 6.33. The van der Waals surface area contributed by atoms with Crippen molar-refractivity contribution >= 4 is 11.6 Å². The summed E-state index contributed by atoms with van der Waals surface area (Å²) in [6.45, 7) is 9.27. The molecule has 0 radical (unpaired) electrons. The van der Waals surface area contributed by atoms with Crippen LogP contribution < -0.4 is 10.1 Å². The number of aryl methyl sites for hydroxylation is 2. The highest BCUT2D eigenvalue weighted by atomic mass is 35.5. The largest absolute Gasteiger partial charge is 0.491 e. The van der Waals surface area contributed by atoms with Gasteiger partial charge in [-0.2, -0.15) is 0 Å². The maximum Gasteiger partial charge on any atom is 0.161 e. The van der Waals surface area contributed by atoms with Crippen molar-refractivity contribution in [2.24, 2.45) is 5.92 Å². The van der Waals surface area contributed by atoms with Crippen molar-refractivity contribution < 1.29 is 19.1 Å². The fourth-order valence-electron chi connectivity index (χ4n) is 4.52. The lowest BCUT2D eigenvalue weighted by atomic mass is 9.95. The first-order chi connectivity index (χ1) is 16.8. The first kappa shape index (κ1) is 25.6. The molecule has 0 saturated carbocycles. The Kier molecular flexibility index (Phi) is 8.06. The van der Waals surface area contributed by atoms with E-state index in [1.165, 1.54) is 0 Å². The number of ether oxygens (including phenoxy) is 2. The maximum absolute atomic E-state index is 10.0. The highest BCUT2D eigenvalue weighted by Crippen LogP contribution is 2.36. The van der Waals surface area contributed by atoms with E-state index in [1.807, 2.05) is 26.8 Å². The van der Waals surface area contributed by atoms with E-state index in [-0.39, 0.29) is 12.7 Å². The quantitative estimate of drug-likeness (QED) is 0.448. The molecule has 2 aromatic heterocycles. The summed E-state index contributed by atoms with van der Waals surface area (Å²) in [4.78, 5) is 9.91. The zero-order chi connectivity index (χ0) is 25.1. The number of nitrogens with zero attached hydrogens (tertiary/aromatic N) is 3. The predicted molar refractivity (Wildman–Crippen MR) is 135 cm³/mol. The summed E-state index contributed by atoms with van der Waals surface area (Å²) in [5.41, 5.74) is 5.07. The van der Waals surface area contributed by atoms with Gasteiger partial charge < -0.3 is 24.4 Å². The molecule has 1 saturated heterocycles. The summed E-state index contributed by atoms with van der Waals surface area (Å²) in [5.74, 6) is 2.20. The van der Waals surface area contributed by atoms with Crippen molar-refractivity contribution in [2.75, 3.05) is 26.8 Å². The van der Waals surface area contributed by atoms with Gasteiger partial charge in [0.1, 0.15) is 24.2 Å². The van der Waals surface area contributed by atoms with Gasteiger partial charge in [-0.25, -0.2) is 9.97 Å². The molecule has 0 amide bonds. The van der Waals surface area contributed by atoms with Gasteiger partial charge in [0.15, 0.2) is 5.82 Å². The standard InChI is InChI=1S/C26H33ClN4O4/c1-14-8-18(12-33-14)9-23-15(2)25(24-16(3)31-35-17(24)4)30-26(29-23)21-10-20(6-7-22(21)27)34-13-19(32)11-28-5/h6-7,10,14,18-19,28,32H,8-9,11-13H2,1-5H3/t14-,18-,19+/m0/s1. The lowest BCUT2D eigenvalue weighted by molar-refractivity contribution is 0.108. The Labute approximate surface area is 211 Å². The Morgan fingerprint density at radius 1 is 1.26 bits per heavy atom. The molecule has 0 spiro atoms. The summed E-state index contributed by atoms with van der Waals surface area (Å²) >= 11 is 6.62. The monoisotopic (exact) mass is 500 g/mol. The van der Waals surface area contributed by atoms with E-state index < -0.39 is 6.10 Å². The number of hydrogen-bond donors (Lipinski definition) is 2. The molecule has 1 aliphatic rings. The number of nitrogens with one attached hydrogen (secondary N) is 1. The van der Waals surface area contributed by atoms with Gasteiger partial charge in [0.2, 0.25) is 0 Å². The molecule has 4 rings (SSSR count). The first-order valence-electron chi connectivity index (χ1n) is 11.9. The van der Waals surface area contributed by atoms with Crippen LogP contribution in [0.15, 0.2) is 22.7 Å². The number of aliphatic hydroxyl groups excluding tert-OH is 1. The summed E-state index contributed by atoms with van der Waals surface area (Å²) in [6, 6.07) is 5.36. The first-order valence-corrected chi connectivity index (χ1v) is 12.3. The molecule has 0 bridgehead atoms. The fourth-order valence-corrected chi connectivity index (χ4v) is 4.72. The lowest BCUT2D eigenvalue weighted by Gasteiger charge is -2.16. The molecule has 0 unspecified atom stereocenters. The van der Waals surface area contributed by atoms with Crippen molar-refractivity contribution in [1.29, 1.82) is 0 Å². The minimum Gasteiger partial charge on any atom is -0.491 e. The van der Waals surface area contributed by atoms with Crippen LogP contribution in [0.5, 0.6) is 5.75 Å². The second-order valence-corrected chi connectivity index (χ2v) is 9.69. The minimum absolute atomic E-state index is 0.159. The van der Waals surface area contributed by atoms with E-state index in [9.17, 15) is 5.11 Å². The average Bonchev–Trinajstić information content (AvgIpc) is 3.39. The molecule has 0 aliphatic carbocycles. The Balaban J connectivity index is 1.76. The third-order valence-electron chi connectivity index (χ3n) is 6.34. The van der Waals surface area contributed by atoms with Crippen LogP contribution in [0.3, 0.4) is 0 Å². The van der Waals surface area contributed by atoms with Gasteiger partial charge in [-0.3, -0.25) is 0 Å². The number of aliphatic hydroxyl groups is 1. The summed E-state index contributed by atoms with van der Waals surface area (Å²) in [7, 11) is 1.78. The minimum atomic E-state index is -0.622. The van der Waals surface area contributed by atoms with E-state index in [0.29, 0.717) is 40.4 Å². The van der Waals surface area contributed by atoms with Crippen LogP contribution in [0.25, 0.3) is 22.6 Å². The molecule has 188 valence electrons. The van der Waals surface area contributed by atoms with E-state index >= 15 is 0 Å². The zero-order valence-electron chi connectivity index (χ0n) is 20.9. The topological polar surface area (TPSA) is 103 Å². The molecule has 1 aliphatic heterocycles. The highest BCUT2D eigenvalue weighted by Gasteiger charge is 2.26. The van der Waals surface area contributed by atoms with Gasteiger partial charge in [0.05, 0.1) is 34.7 Å². The summed E-state index contributed by atoms with van der Waals surface area (Å²) in [6.07, 6.45) is 1.42. The van der Waals surface area contributed by atoms with Gasteiger partial charge >= 0.3 is 0 Å². The van der Waals surface area contributed by atoms with Crippen molar-refractivity contribution in [3.05, 3.63) is 45.9 Å². The summed E-state index contributed by atoms with van der Waals surface area (Å²) in [5, 5.41) is 17.6. The summed E-state index contributed by atoms with van der Waals surface area (Å²) < 4.78 is 17.1. The van der Waals surface area contributed by atoms with Crippen LogP contribution in [-0.4, -0.2) is 59.2 Å². The molecular weight excluding hydrogens is 468 g/mol. The van der Waals surface area contributed by atoms with Crippen LogP contribution in [-0.2, 0) is 11.2 Å². The SMILES string of the molecule is CNC[C@@H](O)COc1ccc(Cl)c(-c2nc(C[C@H]3CO[C@@H](C)C3)c(C)c(-c3c(C)noc3C)n2)c1. The molecule has 3 heterocycles. The molecule has 8 nitrogen and oxygen atoms in total. The van der Waals surface area contributed by atoms with Crippen LogP contribution in [0, 0.1) is 26.7 Å². The predicted octanol–water partition coefficient (Wildman–Crippen LogP) is 4.30. The number of benzene rings is 1. The normalized spacial score (nSPS) is 18.7. The van der Waals surface area contributed by atoms with E-state index in [1.54, 1.807) is 19.2 Å². The number of aromatic nitrogens is 3. The zero-order valence-corrected chi connectivity index (χ0v) is 21.6. The third kappa shape index (κ3) is 5.83. The second kappa shape index (κ2) is 11.0. The Bertz CT molecular complexity index is 1160. The maximum atomic E-state index is 10.0. The van der Waals surface area contributed by atoms with Gasteiger partial charge in [-0.1, -0.05) is 16.8 Å². The molecule has 3 aromatic rings. The number of hydrogen-bond acceptors (Lipinski definition) is 8. The van der Waals surface area contributed by atoms with Crippen LogP contribution in [0.1, 0.15) is 36.1 Å². The van der Waals surface area contributed by atoms with E-state index in [0.717, 1.165) is 47.7 Å². The van der Waals surface area contributed by atoms with Crippen molar-refractivity contribution in [1.82, 2.24) is 20.4 Å². The van der Waals surface area contributed by atoms with Gasteiger partial charge in [-0.15, -0.1) is 0 Å². The van der Waals surface area contributed by atoms with Crippen LogP contribution in [0.2, 0.25) is 5.02 Å². The van der Waals surface area contributed by atoms with E-state index in [2.05, 4.69) is 17.4 Å². The average molecular weight is 501 g/mol. The second-order valence-electron chi connectivity index (χ2n) is 9.28. The molecule has 3 atom stereocenters. The molecule has 2 N–H and O–H groups in total. The molecule has 35 heavy (non-hydrogen) atoms. The van der Waals surface area contributed by atoms with Crippen LogP contribution in [0.4, 0.5) is 0 Å².